The van der Waals surface area contributed by atoms with E-state index in [1.807, 2.05) is 6.07 Å². The monoisotopic (exact) mass is 384 g/mol. The van der Waals surface area contributed by atoms with Crippen molar-refractivity contribution in [2.45, 2.75) is 25.6 Å². The number of aryl methyl sites for hydroxylation is 3. The summed E-state index contributed by atoms with van der Waals surface area (Å²) >= 11 is 6.88. The van der Waals surface area contributed by atoms with Crippen LogP contribution in [0.15, 0.2) is 34.8 Å². The summed E-state index contributed by atoms with van der Waals surface area (Å²) in [5.74, 6) is -0.232. The first-order chi connectivity index (χ1) is 8.90. The molecule has 0 amide bonds. The molecule has 0 spiro atoms. The van der Waals surface area contributed by atoms with Crippen molar-refractivity contribution in [3.63, 3.8) is 0 Å². The molecule has 2 aromatic rings. The van der Waals surface area contributed by atoms with Crippen molar-refractivity contribution in [1.29, 1.82) is 0 Å². The van der Waals surface area contributed by atoms with Crippen molar-refractivity contribution in [2.75, 3.05) is 0 Å². The summed E-state index contributed by atoms with van der Waals surface area (Å²) < 4.78 is 14.1. The van der Waals surface area contributed by atoms with Crippen LogP contribution >= 0.6 is 31.9 Å². The second-order valence-corrected chi connectivity index (χ2v) is 6.62. The van der Waals surface area contributed by atoms with Crippen LogP contribution in [0.2, 0.25) is 0 Å². The Balaban J connectivity index is 2.49. The van der Waals surface area contributed by atoms with Crippen LogP contribution in [-0.4, -0.2) is 0 Å². The highest BCUT2D eigenvalue weighted by Gasteiger charge is 2.16. The number of hydrogen-bond donors (Lipinski definition) is 0. The summed E-state index contributed by atoms with van der Waals surface area (Å²) in [6, 6.07) is 9.57. The van der Waals surface area contributed by atoms with E-state index >= 15 is 0 Å². The molecule has 0 aliphatic heterocycles. The van der Waals surface area contributed by atoms with E-state index in [1.165, 1.54) is 22.3 Å². The molecule has 0 aliphatic carbocycles. The van der Waals surface area contributed by atoms with Crippen molar-refractivity contribution in [2.24, 2.45) is 0 Å². The fourth-order valence-corrected chi connectivity index (χ4v) is 3.68. The number of halogens is 3. The molecule has 100 valence electrons. The standard InChI is InChI=1S/C16H15Br2F/c1-9-6-10(2)15(11(3)7-9)16(18)12-4-5-13(17)14(19)8-12/h4-8,16H,1-3H3. The molecule has 0 aromatic heterocycles. The van der Waals surface area contributed by atoms with Gasteiger partial charge in [0.1, 0.15) is 5.82 Å². The first-order valence-electron chi connectivity index (χ1n) is 6.07. The van der Waals surface area contributed by atoms with Gasteiger partial charge in [-0.05, 0) is 71.1 Å². The quantitative estimate of drug-likeness (QED) is 0.556. The fraction of sp³-hybridized carbons (Fsp3) is 0.250. The maximum atomic E-state index is 13.7. The molecule has 1 unspecified atom stereocenters. The minimum Gasteiger partial charge on any atom is -0.206 e. The highest BCUT2D eigenvalue weighted by Crippen LogP contribution is 2.36. The molecule has 0 bridgehead atoms. The largest absolute Gasteiger partial charge is 0.206 e. The van der Waals surface area contributed by atoms with Gasteiger partial charge in [0.05, 0.1) is 9.30 Å². The fourth-order valence-electron chi connectivity index (χ4n) is 2.43. The number of alkyl halides is 1. The summed E-state index contributed by atoms with van der Waals surface area (Å²) in [4.78, 5) is 0.00991. The third kappa shape index (κ3) is 3.09. The molecule has 0 radical (unpaired) electrons. The summed E-state index contributed by atoms with van der Waals surface area (Å²) in [6.45, 7) is 6.28. The Bertz CT molecular complexity index is 597. The van der Waals surface area contributed by atoms with Gasteiger partial charge in [-0.15, -0.1) is 0 Å². The molecule has 19 heavy (non-hydrogen) atoms. The predicted molar refractivity (Wildman–Crippen MR) is 85.5 cm³/mol. The van der Waals surface area contributed by atoms with Crippen LogP contribution < -0.4 is 0 Å². The Morgan fingerprint density at radius 1 is 1.00 bits per heavy atom. The summed E-state index contributed by atoms with van der Waals surface area (Å²) in [5.41, 5.74) is 5.84. The van der Waals surface area contributed by atoms with Crippen LogP contribution in [0.5, 0.6) is 0 Å². The number of hydrogen-bond acceptors (Lipinski definition) is 0. The molecule has 0 N–H and O–H groups in total. The average Bonchev–Trinajstić information content (AvgIpc) is 2.31. The van der Waals surface area contributed by atoms with E-state index in [-0.39, 0.29) is 10.6 Å². The molecule has 1 atom stereocenters. The topological polar surface area (TPSA) is 0 Å². The van der Waals surface area contributed by atoms with E-state index in [2.05, 4.69) is 64.8 Å². The van der Waals surface area contributed by atoms with E-state index in [4.69, 9.17) is 0 Å². The molecule has 0 heterocycles. The minimum absolute atomic E-state index is 0.00991. The van der Waals surface area contributed by atoms with Crippen LogP contribution in [0.4, 0.5) is 4.39 Å². The SMILES string of the molecule is Cc1cc(C)c(C(Br)c2ccc(Br)c(F)c2)c(C)c1. The zero-order valence-corrected chi connectivity index (χ0v) is 14.3. The molecule has 0 fully saturated rings. The third-order valence-corrected chi connectivity index (χ3v) is 4.86. The van der Waals surface area contributed by atoms with Crippen molar-refractivity contribution in [3.8, 4) is 0 Å². The molecule has 0 saturated heterocycles. The highest BCUT2D eigenvalue weighted by atomic mass is 79.9. The predicted octanol–water partition coefficient (Wildman–Crippen LogP) is 6.00. The van der Waals surface area contributed by atoms with E-state index in [9.17, 15) is 4.39 Å². The maximum Gasteiger partial charge on any atom is 0.137 e. The zero-order chi connectivity index (χ0) is 14.2. The van der Waals surface area contributed by atoms with E-state index in [0.717, 1.165) is 5.56 Å². The van der Waals surface area contributed by atoms with Crippen molar-refractivity contribution < 1.29 is 4.39 Å². The van der Waals surface area contributed by atoms with Gasteiger partial charge in [-0.25, -0.2) is 4.39 Å². The van der Waals surface area contributed by atoms with Gasteiger partial charge in [0.2, 0.25) is 0 Å². The Kier molecular flexibility index (Phi) is 4.46. The lowest BCUT2D eigenvalue weighted by Gasteiger charge is -2.18. The zero-order valence-electron chi connectivity index (χ0n) is 11.1. The maximum absolute atomic E-state index is 13.7. The molecule has 2 aromatic carbocycles. The van der Waals surface area contributed by atoms with Crippen molar-refractivity contribution in [3.05, 3.63) is 68.4 Å². The Morgan fingerprint density at radius 2 is 1.58 bits per heavy atom. The molecular weight excluding hydrogens is 371 g/mol. The van der Waals surface area contributed by atoms with Crippen LogP contribution in [-0.2, 0) is 0 Å². The lowest BCUT2D eigenvalue weighted by Crippen LogP contribution is -2.00. The lowest BCUT2D eigenvalue weighted by molar-refractivity contribution is 0.619. The second kappa shape index (κ2) is 5.76. The Hall–Kier alpha value is -0.670. The number of rotatable bonds is 2. The summed E-state index contributed by atoms with van der Waals surface area (Å²) in [5, 5.41) is 0. The summed E-state index contributed by atoms with van der Waals surface area (Å²) in [7, 11) is 0. The molecule has 0 saturated carbocycles. The van der Waals surface area contributed by atoms with Gasteiger partial charge in [0.25, 0.3) is 0 Å². The van der Waals surface area contributed by atoms with Gasteiger partial charge in [-0.3, -0.25) is 0 Å². The molecule has 3 heteroatoms. The van der Waals surface area contributed by atoms with Gasteiger partial charge in [0.15, 0.2) is 0 Å². The van der Waals surface area contributed by atoms with Gasteiger partial charge in [-0.2, -0.15) is 0 Å². The summed E-state index contributed by atoms with van der Waals surface area (Å²) in [6.07, 6.45) is 0. The lowest BCUT2D eigenvalue weighted by atomic mass is 9.94. The molecular formula is C16H15Br2F. The third-order valence-electron chi connectivity index (χ3n) is 3.23. The normalized spacial score (nSPS) is 12.5. The number of benzene rings is 2. The van der Waals surface area contributed by atoms with Crippen LogP contribution in [0.3, 0.4) is 0 Å². The van der Waals surface area contributed by atoms with Crippen LogP contribution in [0.25, 0.3) is 0 Å². The molecule has 0 aliphatic rings. The average molecular weight is 386 g/mol. The van der Waals surface area contributed by atoms with Crippen molar-refractivity contribution in [1.82, 2.24) is 0 Å². The smallest absolute Gasteiger partial charge is 0.137 e. The van der Waals surface area contributed by atoms with Gasteiger partial charge < -0.3 is 0 Å². The Labute approximate surface area is 130 Å². The van der Waals surface area contributed by atoms with Gasteiger partial charge in [-0.1, -0.05) is 39.7 Å². The Morgan fingerprint density at radius 3 is 2.11 bits per heavy atom. The highest BCUT2D eigenvalue weighted by molar-refractivity contribution is 9.10. The van der Waals surface area contributed by atoms with E-state index in [1.54, 1.807) is 12.1 Å². The second-order valence-electron chi connectivity index (χ2n) is 4.85. The van der Waals surface area contributed by atoms with Crippen molar-refractivity contribution >= 4 is 31.9 Å². The molecule has 0 nitrogen and oxygen atoms in total. The first-order valence-corrected chi connectivity index (χ1v) is 7.77. The molecule has 2 rings (SSSR count). The van der Waals surface area contributed by atoms with Gasteiger partial charge in [0, 0.05) is 0 Å². The first kappa shape index (κ1) is 14.7. The van der Waals surface area contributed by atoms with E-state index < -0.39 is 0 Å². The van der Waals surface area contributed by atoms with Gasteiger partial charge >= 0.3 is 0 Å². The minimum atomic E-state index is -0.232. The van der Waals surface area contributed by atoms with E-state index in [0.29, 0.717) is 4.47 Å². The van der Waals surface area contributed by atoms with Crippen LogP contribution in [0, 0.1) is 26.6 Å². The van der Waals surface area contributed by atoms with Crippen LogP contribution in [0.1, 0.15) is 32.6 Å².